The zero-order valence-corrected chi connectivity index (χ0v) is 18.1. The molecule has 162 valence electrons. The smallest absolute Gasteiger partial charge is 0.254 e. The topological polar surface area (TPSA) is 77.1 Å². The fraction of sp³-hybridized carbons (Fsp3) is 0.636. The van der Waals surface area contributed by atoms with Gasteiger partial charge in [-0.3, -0.25) is 9.59 Å². The molecule has 2 rings (SSSR count). The van der Waals surface area contributed by atoms with Gasteiger partial charge in [-0.25, -0.2) is 0 Å². The van der Waals surface area contributed by atoms with Crippen LogP contribution >= 0.6 is 0 Å². The Kier molecular flexibility index (Phi) is 9.09. The standard InChI is InChI=1S/C22H34N2O5/c1-5-9-20(25)23-17-10-12-24(13-11-17)22(26)16-14-18(27-6-2)21(29-8-4)19(15-16)28-7-3/h14-15,17H,5-13H2,1-4H3,(H,23,25). The molecule has 1 saturated heterocycles. The molecule has 0 spiro atoms. The summed E-state index contributed by atoms with van der Waals surface area (Å²) in [5.41, 5.74) is 0.522. The van der Waals surface area contributed by atoms with Gasteiger partial charge in [0.15, 0.2) is 11.5 Å². The van der Waals surface area contributed by atoms with Crippen LogP contribution in [0.4, 0.5) is 0 Å². The molecule has 1 aromatic rings. The number of carbonyl (C=O) groups excluding carboxylic acids is 2. The third-order valence-electron chi connectivity index (χ3n) is 4.78. The minimum Gasteiger partial charge on any atom is -0.490 e. The van der Waals surface area contributed by atoms with Crippen molar-refractivity contribution in [2.45, 2.75) is 59.4 Å². The lowest BCUT2D eigenvalue weighted by molar-refractivity contribution is -0.122. The summed E-state index contributed by atoms with van der Waals surface area (Å²) in [4.78, 5) is 26.7. The highest BCUT2D eigenvalue weighted by atomic mass is 16.5. The summed E-state index contributed by atoms with van der Waals surface area (Å²) < 4.78 is 17.1. The van der Waals surface area contributed by atoms with Crippen LogP contribution in [0, 0.1) is 0 Å². The Morgan fingerprint density at radius 1 is 0.966 bits per heavy atom. The van der Waals surface area contributed by atoms with Crippen molar-refractivity contribution in [3.8, 4) is 17.2 Å². The maximum absolute atomic E-state index is 13.1. The number of ether oxygens (including phenoxy) is 3. The molecule has 0 bridgehead atoms. The fourth-order valence-corrected chi connectivity index (χ4v) is 3.45. The number of carbonyl (C=O) groups is 2. The zero-order valence-electron chi connectivity index (χ0n) is 18.1. The highest BCUT2D eigenvalue weighted by Crippen LogP contribution is 2.39. The van der Waals surface area contributed by atoms with Gasteiger partial charge in [0.25, 0.3) is 5.91 Å². The summed E-state index contributed by atoms with van der Waals surface area (Å²) in [5.74, 6) is 1.60. The predicted molar refractivity (Wildman–Crippen MR) is 112 cm³/mol. The van der Waals surface area contributed by atoms with Gasteiger partial charge in [-0.1, -0.05) is 6.92 Å². The number of hydrogen-bond acceptors (Lipinski definition) is 5. The van der Waals surface area contributed by atoms with E-state index in [-0.39, 0.29) is 17.9 Å². The molecule has 29 heavy (non-hydrogen) atoms. The lowest BCUT2D eigenvalue weighted by Crippen LogP contribution is -2.46. The van der Waals surface area contributed by atoms with Crippen LogP contribution < -0.4 is 19.5 Å². The average molecular weight is 407 g/mol. The molecule has 1 fully saturated rings. The van der Waals surface area contributed by atoms with Crippen LogP contribution in [0.2, 0.25) is 0 Å². The van der Waals surface area contributed by atoms with Crippen LogP contribution in [0.25, 0.3) is 0 Å². The highest BCUT2D eigenvalue weighted by Gasteiger charge is 2.26. The van der Waals surface area contributed by atoms with Crippen LogP contribution in [0.15, 0.2) is 12.1 Å². The van der Waals surface area contributed by atoms with Gasteiger partial charge in [0, 0.05) is 31.1 Å². The fourth-order valence-electron chi connectivity index (χ4n) is 3.45. The molecular weight excluding hydrogens is 372 g/mol. The third kappa shape index (κ3) is 6.27. The molecule has 0 aromatic heterocycles. The molecule has 1 aromatic carbocycles. The van der Waals surface area contributed by atoms with E-state index >= 15 is 0 Å². The van der Waals surface area contributed by atoms with Crippen molar-refractivity contribution in [3.63, 3.8) is 0 Å². The molecule has 0 radical (unpaired) electrons. The molecular formula is C22H34N2O5. The first kappa shape index (κ1) is 22.8. The van der Waals surface area contributed by atoms with Gasteiger partial charge < -0.3 is 24.4 Å². The van der Waals surface area contributed by atoms with Crippen LogP contribution in [0.1, 0.15) is 63.7 Å². The zero-order chi connectivity index (χ0) is 21.2. The molecule has 0 aliphatic carbocycles. The molecule has 0 saturated carbocycles. The van der Waals surface area contributed by atoms with Crippen molar-refractivity contribution in [1.82, 2.24) is 10.2 Å². The van der Waals surface area contributed by atoms with Crippen molar-refractivity contribution in [1.29, 1.82) is 0 Å². The monoisotopic (exact) mass is 406 g/mol. The first-order chi connectivity index (χ1) is 14.0. The van der Waals surface area contributed by atoms with Gasteiger partial charge >= 0.3 is 0 Å². The largest absolute Gasteiger partial charge is 0.490 e. The Balaban J connectivity index is 2.13. The second-order valence-electron chi connectivity index (χ2n) is 6.98. The molecule has 0 unspecified atom stereocenters. The van der Waals surface area contributed by atoms with Gasteiger partial charge in [-0.2, -0.15) is 0 Å². The van der Waals surface area contributed by atoms with Crippen molar-refractivity contribution in [3.05, 3.63) is 17.7 Å². The minimum absolute atomic E-state index is 0.0618. The van der Waals surface area contributed by atoms with Crippen molar-refractivity contribution in [2.75, 3.05) is 32.9 Å². The van der Waals surface area contributed by atoms with Crippen molar-refractivity contribution < 1.29 is 23.8 Å². The van der Waals surface area contributed by atoms with Crippen LogP contribution in [0.3, 0.4) is 0 Å². The predicted octanol–water partition coefficient (Wildman–Crippen LogP) is 3.40. The summed E-state index contributed by atoms with van der Waals surface area (Å²) in [6.45, 7) is 10.3. The Hall–Kier alpha value is -2.44. The van der Waals surface area contributed by atoms with E-state index in [0.29, 0.717) is 62.1 Å². The number of likely N-dealkylation sites (tertiary alicyclic amines) is 1. The van der Waals surface area contributed by atoms with E-state index in [0.717, 1.165) is 19.3 Å². The Morgan fingerprint density at radius 3 is 2.00 bits per heavy atom. The number of hydrogen-bond donors (Lipinski definition) is 1. The van der Waals surface area contributed by atoms with Crippen molar-refractivity contribution >= 4 is 11.8 Å². The molecule has 7 heteroatoms. The number of piperidine rings is 1. The van der Waals surface area contributed by atoms with Crippen LogP contribution in [-0.4, -0.2) is 55.7 Å². The SMILES string of the molecule is CCCC(=O)NC1CCN(C(=O)c2cc(OCC)c(OCC)c(OCC)c2)CC1. The van der Waals surface area contributed by atoms with E-state index < -0.39 is 0 Å². The number of nitrogens with one attached hydrogen (secondary N) is 1. The lowest BCUT2D eigenvalue weighted by Gasteiger charge is -2.32. The van der Waals surface area contributed by atoms with Crippen molar-refractivity contribution in [2.24, 2.45) is 0 Å². The highest BCUT2D eigenvalue weighted by molar-refractivity contribution is 5.95. The summed E-state index contributed by atoms with van der Waals surface area (Å²) in [6, 6.07) is 3.60. The Bertz CT molecular complexity index is 657. The maximum atomic E-state index is 13.1. The van der Waals surface area contributed by atoms with E-state index in [2.05, 4.69) is 5.32 Å². The minimum atomic E-state index is -0.0618. The van der Waals surface area contributed by atoms with E-state index in [4.69, 9.17) is 14.2 Å². The Morgan fingerprint density at radius 2 is 1.52 bits per heavy atom. The second kappa shape index (κ2) is 11.5. The normalized spacial score (nSPS) is 14.4. The molecule has 7 nitrogen and oxygen atoms in total. The molecule has 1 aliphatic heterocycles. The molecule has 2 amide bonds. The average Bonchev–Trinajstić information content (AvgIpc) is 2.71. The number of amides is 2. The van der Waals surface area contributed by atoms with Crippen LogP contribution in [0.5, 0.6) is 17.2 Å². The summed E-state index contributed by atoms with van der Waals surface area (Å²) in [5, 5.41) is 3.06. The van der Waals surface area contributed by atoms with E-state index in [1.54, 1.807) is 12.1 Å². The third-order valence-corrected chi connectivity index (χ3v) is 4.78. The summed E-state index contributed by atoms with van der Waals surface area (Å²) in [6.07, 6.45) is 2.90. The summed E-state index contributed by atoms with van der Waals surface area (Å²) in [7, 11) is 0. The molecule has 1 heterocycles. The molecule has 0 atom stereocenters. The maximum Gasteiger partial charge on any atom is 0.254 e. The summed E-state index contributed by atoms with van der Waals surface area (Å²) >= 11 is 0. The number of benzene rings is 1. The van der Waals surface area contributed by atoms with Gasteiger partial charge in [0.05, 0.1) is 19.8 Å². The van der Waals surface area contributed by atoms with Gasteiger partial charge in [-0.05, 0) is 52.2 Å². The first-order valence-electron chi connectivity index (χ1n) is 10.7. The quantitative estimate of drug-likeness (QED) is 0.644. The molecule has 1 N–H and O–H groups in total. The second-order valence-corrected chi connectivity index (χ2v) is 6.98. The van der Waals surface area contributed by atoms with Gasteiger partial charge in [0.1, 0.15) is 0 Å². The Labute approximate surface area is 173 Å². The van der Waals surface area contributed by atoms with E-state index in [1.807, 2.05) is 32.6 Å². The first-order valence-corrected chi connectivity index (χ1v) is 10.7. The van der Waals surface area contributed by atoms with E-state index in [1.165, 1.54) is 0 Å². The number of nitrogens with zero attached hydrogens (tertiary/aromatic N) is 1. The lowest BCUT2D eigenvalue weighted by atomic mass is 10.0. The number of rotatable bonds is 10. The van der Waals surface area contributed by atoms with Crippen LogP contribution in [-0.2, 0) is 4.79 Å². The molecule has 1 aliphatic rings. The van der Waals surface area contributed by atoms with Gasteiger partial charge in [-0.15, -0.1) is 0 Å². The van der Waals surface area contributed by atoms with Gasteiger partial charge in [0.2, 0.25) is 11.7 Å². The van der Waals surface area contributed by atoms with E-state index in [9.17, 15) is 9.59 Å².